The van der Waals surface area contributed by atoms with E-state index in [1.165, 1.54) is 12.1 Å². The van der Waals surface area contributed by atoms with Gasteiger partial charge < -0.3 is 9.73 Å². The molecule has 1 N–H and O–H groups in total. The Morgan fingerprint density at radius 3 is 2.67 bits per heavy atom. The summed E-state index contributed by atoms with van der Waals surface area (Å²) < 4.78 is 18.6. The highest BCUT2D eigenvalue weighted by Crippen LogP contribution is 2.28. The maximum Gasteiger partial charge on any atom is 0.193 e. The first-order chi connectivity index (χ1) is 8.61. The predicted octanol–water partition coefficient (Wildman–Crippen LogP) is 4.08. The van der Waals surface area contributed by atoms with Crippen molar-refractivity contribution in [1.29, 1.82) is 0 Å². The Bertz CT molecular complexity index is 538. The summed E-state index contributed by atoms with van der Waals surface area (Å²) in [6.07, 6.45) is 0. The van der Waals surface area contributed by atoms with Gasteiger partial charge in [0.15, 0.2) is 5.22 Å². The van der Waals surface area contributed by atoms with Crippen LogP contribution in [0.4, 0.5) is 4.39 Å². The largest absolute Gasteiger partial charge is 0.448 e. The van der Waals surface area contributed by atoms with Gasteiger partial charge >= 0.3 is 0 Å². The van der Waals surface area contributed by atoms with Crippen LogP contribution in [0.2, 0.25) is 5.22 Å². The van der Waals surface area contributed by atoms with Gasteiger partial charge in [-0.1, -0.05) is 13.0 Å². The van der Waals surface area contributed by atoms with Crippen LogP contribution in [0, 0.1) is 12.7 Å². The third-order valence-corrected chi connectivity index (χ3v) is 3.03. The number of nitrogens with one attached hydrogen (secondary N) is 1. The molecule has 0 aliphatic heterocycles. The number of halogens is 2. The van der Waals surface area contributed by atoms with Crippen LogP contribution in [0.5, 0.6) is 0 Å². The highest BCUT2D eigenvalue weighted by Gasteiger charge is 2.18. The second-order valence-corrected chi connectivity index (χ2v) is 4.51. The van der Waals surface area contributed by atoms with E-state index in [0.717, 1.165) is 23.4 Å². The summed E-state index contributed by atoms with van der Waals surface area (Å²) in [5, 5.41) is 3.67. The van der Waals surface area contributed by atoms with Crippen molar-refractivity contribution < 1.29 is 8.81 Å². The van der Waals surface area contributed by atoms with Crippen molar-refractivity contribution in [3.8, 4) is 0 Å². The lowest BCUT2D eigenvalue weighted by Gasteiger charge is -2.18. The quantitative estimate of drug-likeness (QED) is 0.903. The molecule has 2 aromatic rings. The Kier molecular flexibility index (Phi) is 4.04. The average molecular weight is 268 g/mol. The fraction of sp³-hybridized carbons (Fsp3) is 0.286. The molecular formula is C14H15ClFNO. The molecule has 2 nitrogen and oxygen atoms in total. The standard InChI is InChI=1S/C14H15ClFNO/c1-3-17-14(12-6-7-13(15)18-12)11-5-4-10(16)8-9(11)2/h4-8,14,17H,3H2,1-2H3. The zero-order chi connectivity index (χ0) is 13.1. The van der Waals surface area contributed by atoms with E-state index in [0.29, 0.717) is 5.22 Å². The number of hydrogen-bond donors (Lipinski definition) is 1. The lowest BCUT2D eigenvalue weighted by Crippen LogP contribution is -2.22. The lowest BCUT2D eigenvalue weighted by atomic mass is 9.99. The Hall–Kier alpha value is -1.32. The van der Waals surface area contributed by atoms with E-state index in [2.05, 4.69) is 5.32 Å². The minimum Gasteiger partial charge on any atom is -0.448 e. The first kappa shape index (κ1) is 13.1. The van der Waals surface area contributed by atoms with Crippen molar-refractivity contribution in [2.45, 2.75) is 19.9 Å². The van der Waals surface area contributed by atoms with Crippen LogP contribution in [0.15, 0.2) is 34.7 Å². The molecule has 1 heterocycles. The van der Waals surface area contributed by atoms with Crippen LogP contribution in [-0.4, -0.2) is 6.54 Å². The zero-order valence-electron chi connectivity index (χ0n) is 10.3. The number of furan rings is 1. The first-order valence-electron chi connectivity index (χ1n) is 5.86. The number of rotatable bonds is 4. The van der Waals surface area contributed by atoms with E-state index in [9.17, 15) is 4.39 Å². The van der Waals surface area contributed by atoms with Crippen molar-refractivity contribution in [2.24, 2.45) is 0 Å². The van der Waals surface area contributed by atoms with Crippen LogP contribution >= 0.6 is 11.6 Å². The van der Waals surface area contributed by atoms with Crippen LogP contribution in [-0.2, 0) is 0 Å². The number of aryl methyl sites for hydroxylation is 1. The van der Waals surface area contributed by atoms with E-state index < -0.39 is 0 Å². The molecule has 0 saturated heterocycles. The molecule has 2 rings (SSSR count). The van der Waals surface area contributed by atoms with Crippen LogP contribution in [0.1, 0.15) is 29.9 Å². The summed E-state index contributed by atoms with van der Waals surface area (Å²) in [6.45, 7) is 4.67. The normalized spacial score (nSPS) is 12.7. The van der Waals surface area contributed by atoms with Crippen molar-refractivity contribution in [3.05, 3.63) is 58.3 Å². The van der Waals surface area contributed by atoms with E-state index in [1.807, 2.05) is 19.9 Å². The second kappa shape index (κ2) is 5.55. The third kappa shape index (κ3) is 2.74. The van der Waals surface area contributed by atoms with Crippen LogP contribution < -0.4 is 5.32 Å². The van der Waals surface area contributed by atoms with Gasteiger partial charge in [-0.05, 0) is 60.5 Å². The van der Waals surface area contributed by atoms with E-state index in [1.54, 1.807) is 12.1 Å². The summed E-state index contributed by atoms with van der Waals surface area (Å²) in [7, 11) is 0. The monoisotopic (exact) mass is 267 g/mol. The molecule has 18 heavy (non-hydrogen) atoms. The van der Waals surface area contributed by atoms with E-state index in [4.69, 9.17) is 16.0 Å². The van der Waals surface area contributed by atoms with Gasteiger partial charge in [0.25, 0.3) is 0 Å². The third-order valence-electron chi connectivity index (χ3n) is 2.83. The van der Waals surface area contributed by atoms with Gasteiger partial charge in [0, 0.05) is 0 Å². The van der Waals surface area contributed by atoms with Gasteiger partial charge in [0.1, 0.15) is 11.6 Å². The predicted molar refractivity (Wildman–Crippen MR) is 70.4 cm³/mol. The van der Waals surface area contributed by atoms with Crippen LogP contribution in [0.3, 0.4) is 0 Å². The molecule has 0 aliphatic carbocycles. The Morgan fingerprint density at radius 1 is 1.33 bits per heavy atom. The minimum absolute atomic E-state index is 0.108. The average Bonchev–Trinajstić information content (AvgIpc) is 2.73. The van der Waals surface area contributed by atoms with Gasteiger partial charge in [-0.15, -0.1) is 0 Å². The minimum atomic E-state index is -0.232. The van der Waals surface area contributed by atoms with Crippen molar-refractivity contribution >= 4 is 11.6 Å². The fourth-order valence-electron chi connectivity index (χ4n) is 2.01. The topological polar surface area (TPSA) is 25.2 Å². The van der Waals surface area contributed by atoms with Crippen molar-refractivity contribution in [1.82, 2.24) is 5.32 Å². The molecule has 1 unspecified atom stereocenters. The van der Waals surface area contributed by atoms with Crippen molar-refractivity contribution in [3.63, 3.8) is 0 Å². The molecule has 4 heteroatoms. The molecule has 0 radical (unpaired) electrons. The molecule has 1 aromatic carbocycles. The lowest BCUT2D eigenvalue weighted by molar-refractivity contribution is 0.452. The van der Waals surface area contributed by atoms with Gasteiger partial charge in [-0.25, -0.2) is 4.39 Å². The van der Waals surface area contributed by atoms with Crippen molar-refractivity contribution in [2.75, 3.05) is 6.54 Å². The maximum atomic E-state index is 13.1. The second-order valence-electron chi connectivity index (χ2n) is 4.13. The summed E-state index contributed by atoms with van der Waals surface area (Å²) in [5.74, 6) is 0.500. The van der Waals surface area contributed by atoms with E-state index >= 15 is 0 Å². The SMILES string of the molecule is CCNC(c1ccc(Cl)o1)c1ccc(F)cc1C. The molecule has 0 aliphatic rings. The summed E-state index contributed by atoms with van der Waals surface area (Å²) in [4.78, 5) is 0. The first-order valence-corrected chi connectivity index (χ1v) is 6.24. The van der Waals surface area contributed by atoms with E-state index in [-0.39, 0.29) is 11.9 Å². The summed E-state index contributed by atoms with van der Waals surface area (Å²) in [6, 6.07) is 8.18. The maximum absolute atomic E-state index is 13.1. The highest BCUT2D eigenvalue weighted by atomic mass is 35.5. The van der Waals surface area contributed by atoms with Gasteiger partial charge in [-0.2, -0.15) is 0 Å². The number of hydrogen-bond acceptors (Lipinski definition) is 2. The molecule has 0 bridgehead atoms. The molecule has 0 fully saturated rings. The zero-order valence-corrected chi connectivity index (χ0v) is 11.1. The van der Waals surface area contributed by atoms with Gasteiger partial charge in [0.2, 0.25) is 0 Å². The Morgan fingerprint density at radius 2 is 2.11 bits per heavy atom. The summed E-state index contributed by atoms with van der Waals surface area (Å²) in [5.41, 5.74) is 1.87. The highest BCUT2D eigenvalue weighted by molar-refractivity contribution is 6.28. The smallest absolute Gasteiger partial charge is 0.193 e. The molecule has 96 valence electrons. The Balaban J connectivity index is 2.41. The summed E-state index contributed by atoms with van der Waals surface area (Å²) >= 11 is 5.80. The molecule has 0 amide bonds. The molecule has 1 aromatic heterocycles. The fourth-order valence-corrected chi connectivity index (χ4v) is 2.17. The van der Waals surface area contributed by atoms with Gasteiger partial charge in [0.05, 0.1) is 6.04 Å². The molecule has 0 saturated carbocycles. The Labute approximate surface area is 111 Å². The van der Waals surface area contributed by atoms with Crippen LogP contribution in [0.25, 0.3) is 0 Å². The molecular weight excluding hydrogens is 253 g/mol. The number of benzene rings is 1. The molecule has 0 spiro atoms. The van der Waals surface area contributed by atoms with Gasteiger partial charge in [-0.3, -0.25) is 0 Å². The molecule has 1 atom stereocenters.